The van der Waals surface area contributed by atoms with Gasteiger partial charge in [0.25, 0.3) is 10.0 Å². The van der Waals surface area contributed by atoms with Gasteiger partial charge < -0.3 is 5.32 Å². The van der Waals surface area contributed by atoms with Crippen molar-refractivity contribution in [3.63, 3.8) is 0 Å². The second-order valence-electron chi connectivity index (χ2n) is 7.37. The quantitative estimate of drug-likeness (QED) is 0.755. The highest BCUT2D eigenvalue weighted by atomic mass is 32.2. The van der Waals surface area contributed by atoms with Crippen LogP contribution in [0.4, 0.5) is 24.5 Å². The molecule has 0 aliphatic heterocycles. The van der Waals surface area contributed by atoms with Crippen LogP contribution in [-0.2, 0) is 21.0 Å². The van der Waals surface area contributed by atoms with Gasteiger partial charge in [0.1, 0.15) is 0 Å². The molecular weight excluding hydrogens is 393 g/mol. The number of benzene rings is 2. The molecule has 2 N–H and O–H groups in total. The van der Waals surface area contributed by atoms with Crippen LogP contribution >= 0.6 is 0 Å². The minimum Gasteiger partial charge on any atom is -0.326 e. The Morgan fingerprint density at radius 1 is 0.964 bits per heavy atom. The molecule has 2 rings (SSSR count). The van der Waals surface area contributed by atoms with E-state index in [4.69, 9.17) is 0 Å². The third-order valence-electron chi connectivity index (χ3n) is 3.85. The Labute approximate surface area is 162 Å². The number of hydrogen-bond donors (Lipinski definition) is 2. The van der Waals surface area contributed by atoms with Crippen LogP contribution in [-0.4, -0.2) is 14.3 Å². The third-order valence-corrected chi connectivity index (χ3v) is 5.39. The first-order valence-electron chi connectivity index (χ1n) is 8.32. The highest BCUT2D eigenvalue weighted by molar-refractivity contribution is 7.92. The van der Waals surface area contributed by atoms with Crippen molar-refractivity contribution in [2.24, 2.45) is 5.41 Å². The number of carbonyl (C=O) groups excluding carboxylic acids is 1. The minimum absolute atomic E-state index is 0.0985. The van der Waals surface area contributed by atoms with Crippen molar-refractivity contribution >= 4 is 27.3 Å². The molecule has 28 heavy (non-hydrogen) atoms. The molecule has 0 aromatic heterocycles. The number of amides is 1. The molecule has 9 heteroatoms. The van der Waals surface area contributed by atoms with Crippen LogP contribution in [0.25, 0.3) is 0 Å². The molecular formula is C19H21F3N2O3S. The van der Waals surface area contributed by atoms with Crippen molar-refractivity contribution in [3.05, 3.63) is 53.6 Å². The van der Waals surface area contributed by atoms with Gasteiger partial charge in [-0.3, -0.25) is 9.52 Å². The zero-order valence-electron chi connectivity index (χ0n) is 15.8. The van der Waals surface area contributed by atoms with Gasteiger partial charge in [-0.05, 0) is 48.9 Å². The van der Waals surface area contributed by atoms with Crippen LogP contribution in [0.5, 0.6) is 0 Å². The number of nitrogens with one attached hydrogen (secondary N) is 2. The van der Waals surface area contributed by atoms with Crippen LogP contribution in [0, 0.1) is 12.3 Å². The molecule has 0 spiro atoms. The van der Waals surface area contributed by atoms with Crippen molar-refractivity contribution in [2.75, 3.05) is 10.0 Å². The lowest BCUT2D eigenvalue weighted by molar-refractivity contribution is -0.137. The van der Waals surface area contributed by atoms with Crippen molar-refractivity contribution in [1.82, 2.24) is 0 Å². The monoisotopic (exact) mass is 414 g/mol. The van der Waals surface area contributed by atoms with Crippen LogP contribution in [0.3, 0.4) is 0 Å². The van der Waals surface area contributed by atoms with E-state index in [9.17, 15) is 26.4 Å². The number of carbonyl (C=O) groups is 1. The fraction of sp³-hybridized carbons (Fsp3) is 0.316. The number of halogens is 3. The second-order valence-corrected chi connectivity index (χ2v) is 9.02. The van der Waals surface area contributed by atoms with Gasteiger partial charge in [-0.1, -0.05) is 26.8 Å². The van der Waals surface area contributed by atoms with E-state index in [0.717, 1.165) is 18.2 Å². The van der Waals surface area contributed by atoms with Gasteiger partial charge in [0.15, 0.2) is 0 Å². The molecule has 5 nitrogen and oxygen atoms in total. The normalized spacial score (nSPS) is 12.5. The summed E-state index contributed by atoms with van der Waals surface area (Å²) in [5.41, 5.74) is -1.00. The van der Waals surface area contributed by atoms with E-state index in [1.807, 2.05) is 0 Å². The maximum Gasteiger partial charge on any atom is 0.416 e. The molecule has 152 valence electrons. The Morgan fingerprint density at radius 2 is 1.61 bits per heavy atom. The van der Waals surface area contributed by atoms with E-state index >= 15 is 0 Å². The average Bonchev–Trinajstić information content (AvgIpc) is 2.52. The fourth-order valence-electron chi connectivity index (χ4n) is 2.32. The zero-order chi connectivity index (χ0) is 21.3. The molecule has 1 amide bonds. The summed E-state index contributed by atoms with van der Waals surface area (Å²) in [4.78, 5) is 11.9. The van der Waals surface area contributed by atoms with Crippen LogP contribution in [0.2, 0.25) is 0 Å². The average molecular weight is 414 g/mol. The SMILES string of the molecule is Cc1cc(NC(=O)C(C)(C)C)ccc1S(=O)(=O)Nc1cccc(C(F)(F)F)c1. The largest absolute Gasteiger partial charge is 0.416 e. The standard InChI is InChI=1S/C19H21F3N2O3S/c1-12-10-14(23-17(25)18(2,3)4)8-9-16(12)28(26,27)24-15-7-5-6-13(11-15)19(20,21)22/h5-11,24H,1-4H3,(H,23,25). The van der Waals surface area contributed by atoms with Crippen molar-refractivity contribution < 1.29 is 26.4 Å². The first-order valence-corrected chi connectivity index (χ1v) is 9.81. The molecule has 0 fully saturated rings. The second kappa shape index (κ2) is 7.46. The molecule has 0 heterocycles. The summed E-state index contributed by atoms with van der Waals surface area (Å²) < 4.78 is 65.8. The topological polar surface area (TPSA) is 75.3 Å². The lowest BCUT2D eigenvalue weighted by atomic mass is 9.95. The molecule has 0 aliphatic rings. The fourth-order valence-corrected chi connectivity index (χ4v) is 3.59. The van der Waals surface area contributed by atoms with Crippen molar-refractivity contribution in [3.8, 4) is 0 Å². The number of rotatable bonds is 4. The van der Waals surface area contributed by atoms with Gasteiger partial charge in [0, 0.05) is 16.8 Å². The van der Waals surface area contributed by atoms with Gasteiger partial charge in [0.2, 0.25) is 5.91 Å². The summed E-state index contributed by atoms with van der Waals surface area (Å²) in [7, 11) is -4.11. The molecule has 2 aromatic carbocycles. The van der Waals surface area contributed by atoms with E-state index in [1.165, 1.54) is 31.2 Å². The number of alkyl halides is 3. The highest BCUT2D eigenvalue weighted by Gasteiger charge is 2.31. The zero-order valence-corrected chi connectivity index (χ0v) is 16.6. The first-order chi connectivity index (χ1) is 12.7. The Hall–Kier alpha value is -2.55. The Kier molecular flexibility index (Phi) is 5.79. The predicted molar refractivity (Wildman–Crippen MR) is 102 cm³/mol. The number of sulfonamides is 1. The number of anilines is 2. The summed E-state index contributed by atoms with van der Waals surface area (Å²) in [6.45, 7) is 6.76. The van der Waals surface area contributed by atoms with Gasteiger partial charge in [0.05, 0.1) is 10.5 Å². The molecule has 0 bridgehead atoms. The third kappa shape index (κ3) is 5.25. The summed E-state index contributed by atoms with van der Waals surface area (Å²) in [6, 6.07) is 8.16. The van der Waals surface area contributed by atoms with Gasteiger partial charge >= 0.3 is 6.18 Å². The summed E-state index contributed by atoms with van der Waals surface area (Å²) in [5, 5.41) is 2.70. The van der Waals surface area contributed by atoms with E-state index in [2.05, 4.69) is 10.0 Å². The predicted octanol–water partition coefficient (Wildman–Crippen LogP) is 4.80. The van der Waals surface area contributed by atoms with Crippen LogP contribution in [0.15, 0.2) is 47.4 Å². The number of aryl methyl sites for hydroxylation is 1. The molecule has 2 aromatic rings. The molecule has 0 saturated carbocycles. The maximum absolute atomic E-state index is 12.8. The molecule has 0 saturated heterocycles. The Morgan fingerprint density at radius 3 is 2.14 bits per heavy atom. The van der Waals surface area contributed by atoms with E-state index in [-0.39, 0.29) is 16.5 Å². The molecule has 0 aliphatic carbocycles. The lowest BCUT2D eigenvalue weighted by Crippen LogP contribution is -2.27. The van der Waals surface area contributed by atoms with Crippen molar-refractivity contribution in [2.45, 2.75) is 38.8 Å². The van der Waals surface area contributed by atoms with E-state index < -0.39 is 27.2 Å². The van der Waals surface area contributed by atoms with Gasteiger partial charge in [-0.2, -0.15) is 13.2 Å². The van der Waals surface area contributed by atoms with Crippen LogP contribution < -0.4 is 10.0 Å². The smallest absolute Gasteiger partial charge is 0.326 e. The van der Waals surface area contributed by atoms with Gasteiger partial charge in [-0.25, -0.2) is 8.42 Å². The summed E-state index contributed by atoms with van der Waals surface area (Å²) in [6.07, 6.45) is -4.58. The lowest BCUT2D eigenvalue weighted by Gasteiger charge is -2.18. The summed E-state index contributed by atoms with van der Waals surface area (Å²) in [5.74, 6) is -0.232. The van der Waals surface area contributed by atoms with Crippen molar-refractivity contribution in [1.29, 1.82) is 0 Å². The molecule has 0 radical (unpaired) electrons. The Bertz CT molecular complexity index is 994. The van der Waals surface area contributed by atoms with Gasteiger partial charge in [-0.15, -0.1) is 0 Å². The highest BCUT2D eigenvalue weighted by Crippen LogP contribution is 2.31. The molecule has 0 unspecified atom stereocenters. The number of hydrogen-bond acceptors (Lipinski definition) is 3. The van der Waals surface area contributed by atoms with Crippen LogP contribution in [0.1, 0.15) is 31.9 Å². The molecule has 0 atom stereocenters. The summed E-state index contributed by atoms with van der Waals surface area (Å²) >= 11 is 0. The van der Waals surface area contributed by atoms with E-state index in [1.54, 1.807) is 20.8 Å². The Balaban J connectivity index is 2.28. The maximum atomic E-state index is 12.8. The first kappa shape index (κ1) is 21.7. The minimum atomic E-state index is -4.58. The van der Waals surface area contributed by atoms with E-state index in [0.29, 0.717) is 11.3 Å².